The molecular weight excluding hydrogens is 496 g/mol. The molecule has 0 fully saturated rings. The monoisotopic (exact) mass is 519 g/mol. The SMILES string of the molecule is C=CC(c1cccnc1)S(=O)(=O)n1cc(CNC)c(F)c1-c1ccccc1F.O=C(O)/C=C/C(=O)O. The number of carbonyl (C=O) groups is 2. The second-order valence-corrected chi connectivity index (χ2v) is 9.05. The Morgan fingerprint density at radius 3 is 2.28 bits per heavy atom. The Morgan fingerprint density at radius 1 is 1.14 bits per heavy atom. The summed E-state index contributed by atoms with van der Waals surface area (Å²) < 4.78 is 57.1. The highest BCUT2D eigenvalue weighted by Crippen LogP contribution is 2.34. The Morgan fingerprint density at radius 2 is 1.78 bits per heavy atom. The zero-order valence-corrected chi connectivity index (χ0v) is 19.8. The maximum absolute atomic E-state index is 15.1. The van der Waals surface area contributed by atoms with Crippen molar-refractivity contribution in [2.45, 2.75) is 11.8 Å². The normalized spacial score (nSPS) is 12.0. The summed E-state index contributed by atoms with van der Waals surface area (Å²) in [5, 5.41) is 17.2. The lowest BCUT2D eigenvalue weighted by Gasteiger charge is -2.17. The number of rotatable bonds is 9. The predicted molar refractivity (Wildman–Crippen MR) is 128 cm³/mol. The Balaban J connectivity index is 0.000000493. The molecule has 0 radical (unpaired) electrons. The van der Waals surface area contributed by atoms with E-state index in [-0.39, 0.29) is 23.4 Å². The molecule has 1 atom stereocenters. The standard InChI is InChI=1S/C20H19F2N3O2S.C4H4O4/c1-3-18(14-7-6-10-24-12-14)28(26,27)25-13-15(11-23-2)19(22)20(25)16-8-4-5-9-17(16)21;5-3(6)1-2-4(7)8/h3-10,12-13,18,23H,1,11H2,2H3;1-2H,(H,5,6)(H,7,8)/b;2-1+. The summed E-state index contributed by atoms with van der Waals surface area (Å²) in [7, 11) is -2.59. The van der Waals surface area contributed by atoms with E-state index in [2.05, 4.69) is 16.9 Å². The molecule has 0 saturated carbocycles. The largest absolute Gasteiger partial charge is 0.478 e. The van der Waals surface area contributed by atoms with E-state index < -0.39 is 38.8 Å². The predicted octanol–water partition coefficient (Wildman–Crippen LogP) is 3.36. The van der Waals surface area contributed by atoms with Gasteiger partial charge in [-0.2, -0.15) is 0 Å². The summed E-state index contributed by atoms with van der Waals surface area (Å²) in [6.07, 6.45) is 6.45. The first-order chi connectivity index (χ1) is 17.0. The molecule has 3 N–H and O–H groups in total. The summed E-state index contributed by atoms with van der Waals surface area (Å²) in [5.41, 5.74) is -0.00129. The first-order valence-electron chi connectivity index (χ1n) is 10.2. The average molecular weight is 520 g/mol. The van der Waals surface area contributed by atoms with Crippen LogP contribution in [0.15, 0.2) is 79.8 Å². The Kier molecular flexibility index (Phi) is 9.76. The van der Waals surface area contributed by atoms with E-state index in [4.69, 9.17) is 10.2 Å². The summed E-state index contributed by atoms with van der Waals surface area (Å²) in [4.78, 5) is 23.0. The highest BCUT2D eigenvalue weighted by atomic mass is 32.2. The molecule has 0 spiro atoms. The van der Waals surface area contributed by atoms with Crippen molar-refractivity contribution in [1.82, 2.24) is 14.3 Å². The van der Waals surface area contributed by atoms with Crippen molar-refractivity contribution in [2.24, 2.45) is 0 Å². The first-order valence-corrected chi connectivity index (χ1v) is 11.7. The van der Waals surface area contributed by atoms with Crippen molar-refractivity contribution in [3.63, 3.8) is 0 Å². The van der Waals surface area contributed by atoms with Crippen LogP contribution in [0, 0.1) is 11.6 Å². The van der Waals surface area contributed by atoms with E-state index >= 15 is 4.39 Å². The lowest BCUT2D eigenvalue weighted by atomic mass is 10.1. The topological polar surface area (TPSA) is 139 Å². The zero-order valence-electron chi connectivity index (χ0n) is 19.0. The molecule has 36 heavy (non-hydrogen) atoms. The minimum absolute atomic E-state index is 0.0848. The van der Waals surface area contributed by atoms with E-state index in [0.29, 0.717) is 17.7 Å². The smallest absolute Gasteiger partial charge is 0.328 e. The molecule has 0 aliphatic heterocycles. The third-order valence-corrected chi connectivity index (χ3v) is 6.61. The van der Waals surface area contributed by atoms with Gasteiger partial charge >= 0.3 is 11.9 Å². The van der Waals surface area contributed by atoms with Gasteiger partial charge in [0, 0.05) is 48.4 Å². The number of aromatic nitrogens is 2. The zero-order chi connectivity index (χ0) is 26.9. The van der Waals surface area contributed by atoms with E-state index in [1.807, 2.05) is 0 Å². The van der Waals surface area contributed by atoms with Crippen LogP contribution in [0.5, 0.6) is 0 Å². The number of nitrogens with zero attached hydrogens (tertiary/aromatic N) is 2. The van der Waals surface area contributed by atoms with Gasteiger partial charge in [-0.3, -0.25) is 4.98 Å². The lowest BCUT2D eigenvalue weighted by molar-refractivity contribution is -0.134. The number of halogens is 2. The maximum atomic E-state index is 15.1. The Bertz CT molecular complexity index is 1360. The fourth-order valence-electron chi connectivity index (χ4n) is 3.16. The number of carboxylic acids is 2. The van der Waals surface area contributed by atoms with Gasteiger partial charge in [0.05, 0.1) is 0 Å². The number of pyridine rings is 1. The Hall–Kier alpha value is -4.16. The number of hydrogen-bond donors (Lipinski definition) is 3. The molecule has 2 heterocycles. The number of carboxylic acid groups (broad SMARTS) is 2. The van der Waals surface area contributed by atoms with Crippen molar-refractivity contribution in [3.8, 4) is 11.3 Å². The van der Waals surface area contributed by atoms with Crippen LogP contribution in [0.2, 0.25) is 0 Å². The maximum Gasteiger partial charge on any atom is 0.328 e. The average Bonchev–Trinajstić information content (AvgIpc) is 3.16. The van der Waals surface area contributed by atoms with Gasteiger partial charge in [0.1, 0.15) is 16.8 Å². The number of nitrogens with one attached hydrogen (secondary N) is 1. The molecule has 0 bridgehead atoms. The summed E-state index contributed by atoms with van der Waals surface area (Å²) in [6, 6.07) is 8.66. The molecule has 190 valence electrons. The fraction of sp³-hybridized carbons (Fsp3) is 0.125. The van der Waals surface area contributed by atoms with Crippen LogP contribution in [0.3, 0.4) is 0 Å². The van der Waals surface area contributed by atoms with Crippen LogP contribution in [0.25, 0.3) is 11.3 Å². The highest BCUT2D eigenvalue weighted by Gasteiger charge is 2.32. The molecule has 12 heteroatoms. The van der Waals surface area contributed by atoms with E-state index in [9.17, 15) is 22.4 Å². The summed E-state index contributed by atoms with van der Waals surface area (Å²) in [6.45, 7) is 3.70. The molecule has 0 aliphatic rings. The number of benzene rings is 1. The molecule has 1 aromatic carbocycles. The summed E-state index contributed by atoms with van der Waals surface area (Å²) >= 11 is 0. The highest BCUT2D eigenvalue weighted by molar-refractivity contribution is 7.90. The quantitative estimate of drug-likeness (QED) is 0.289. The van der Waals surface area contributed by atoms with Gasteiger partial charge in [-0.15, -0.1) is 6.58 Å². The first kappa shape index (κ1) is 28.1. The molecule has 3 aromatic rings. The van der Waals surface area contributed by atoms with Crippen molar-refractivity contribution in [2.75, 3.05) is 7.05 Å². The molecule has 0 amide bonds. The van der Waals surface area contributed by atoms with Crippen molar-refractivity contribution >= 4 is 22.0 Å². The molecule has 9 nitrogen and oxygen atoms in total. The molecule has 2 aromatic heterocycles. The van der Waals surface area contributed by atoms with Crippen LogP contribution in [0.1, 0.15) is 16.4 Å². The van der Waals surface area contributed by atoms with E-state index in [1.165, 1.54) is 42.9 Å². The number of aliphatic carboxylic acids is 2. The van der Waals surface area contributed by atoms with Crippen molar-refractivity contribution < 1.29 is 37.0 Å². The van der Waals surface area contributed by atoms with Crippen LogP contribution < -0.4 is 5.32 Å². The minimum atomic E-state index is -4.20. The van der Waals surface area contributed by atoms with Crippen LogP contribution in [-0.2, 0) is 26.2 Å². The van der Waals surface area contributed by atoms with Gasteiger partial charge in [-0.25, -0.2) is 30.8 Å². The second-order valence-electron chi connectivity index (χ2n) is 7.12. The number of hydrogen-bond acceptors (Lipinski definition) is 6. The minimum Gasteiger partial charge on any atom is -0.478 e. The van der Waals surface area contributed by atoms with E-state index in [1.54, 1.807) is 19.2 Å². The van der Waals surface area contributed by atoms with Gasteiger partial charge in [0.2, 0.25) is 10.0 Å². The van der Waals surface area contributed by atoms with Gasteiger partial charge in [-0.05, 0) is 30.8 Å². The van der Waals surface area contributed by atoms with Gasteiger partial charge < -0.3 is 15.5 Å². The van der Waals surface area contributed by atoms with Gasteiger partial charge in [0.25, 0.3) is 0 Å². The van der Waals surface area contributed by atoms with Crippen LogP contribution in [-0.4, -0.2) is 46.6 Å². The molecule has 3 rings (SSSR count). The Labute approximate surface area is 206 Å². The second kappa shape index (κ2) is 12.5. The van der Waals surface area contributed by atoms with Crippen molar-refractivity contribution in [1.29, 1.82) is 0 Å². The van der Waals surface area contributed by atoms with Crippen molar-refractivity contribution in [3.05, 3.63) is 103 Å². The van der Waals surface area contributed by atoms with E-state index in [0.717, 1.165) is 10.0 Å². The van der Waals surface area contributed by atoms with Gasteiger partial charge in [-0.1, -0.05) is 24.3 Å². The van der Waals surface area contributed by atoms with Crippen LogP contribution >= 0.6 is 0 Å². The molecular formula is C24H23F2N3O6S. The molecule has 0 aliphatic carbocycles. The van der Waals surface area contributed by atoms with Crippen LogP contribution in [0.4, 0.5) is 8.78 Å². The summed E-state index contributed by atoms with van der Waals surface area (Å²) in [5.74, 6) is -4.03. The lowest BCUT2D eigenvalue weighted by Crippen LogP contribution is -2.20. The molecule has 1 unspecified atom stereocenters. The fourth-order valence-corrected chi connectivity index (χ4v) is 4.83. The van der Waals surface area contributed by atoms with Gasteiger partial charge in [0.15, 0.2) is 5.82 Å². The molecule has 0 saturated heterocycles. The third-order valence-electron chi connectivity index (χ3n) is 4.67. The third kappa shape index (κ3) is 6.71.